The lowest BCUT2D eigenvalue weighted by atomic mass is 10.2. The number of aromatic nitrogens is 2. The van der Waals surface area contributed by atoms with Crippen LogP contribution in [-0.4, -0.2) is 15.1 Å². The summed E-state index contributed by atoms with van der Waals surface area (Å²) in [6.45, 7) is 1.81. The molecule has 4 heteroatoms. The van der Waals surface area contributed by atoms with Crippen LogP contribution in [-0.2, 0) is 0 Å². The van der Waals surface area contributed by atoms with Crippen LogP contribution in [0.5, 0.6) is 5.75 Å². The molecule has 0 radical (unpaired) electrons. The summed E-state index contributed by atoms with van der Waals surface area (Å²) in [5.41, 5.74) is 1.85. The molecule has 2 aromatic rings. The van der Waals surface area contributed by atoms with Crippen molar-refractivity contribution in [3.8, 4) is 5.75 Å². The van der Waals surface area contributed by atoms with Gasteiger partial charge in [0.15, 0.2) is 5.75 Å². The second-order valence-corrected chi connectivity index (χ2v) is 3.18. The third-order valence-electron chi connectivity index (χ3n) is 1.76. The molecule has 1 heterocycles. The van der Waals surface area contributed by atoms with Crippen molar-refractivity contribution in [2.75, 3.05) is 0 Å². The van der Waals surface area contributed by atoms with E-state index in [9.17, 15) is 5.11 Å². The van der Waals surface area contributed by atoms with E-state index < -0.39 is 0 Å². The van der Waals surface area contributed by atoms with Crippen molar-refractivity contribution in [3.05, 3.63) is 29.0 Å². The first-order valence-corrected chi connectivity index (χ1v) is 4.17. The van der Waals surface area contributed by atoms with Gasteiger partial charge in [-0.15, -0.1) is 0 Å². The summed E-state index contributed by atoms with van der Waals surface area (Å²) in [4.78, 5) is 8.24. The summed E-state index contributed by atoms with van der Waals surface area (Å²) in [6, 6.07) is 3.33. The van der Waals surface area contributed by atoms with Gasteiger partial charge < -0.3 is 5.11 Å². The summed E-state index contributed by atoms with van der Waals surface area (Å²) in [6.07, 6.45) is 1.65. The van der Waals surface area contributed by atoms with Gasteiger partial charge in [0, 0.05) is 6.20 Å². The first-order valence-electron chi connectivity index (χ1n) is 3.79. The number of hydrogen-bond acceptors (Lipinski definition) is 3. The van der Waals surface area contributed by atoms with Gasteiger partial charge in [-0.1, -0.05) is 11.6 Å². The average Bonchev–Trinajstić information content (AvgIpc) is 2.12. The SMILES string of the molecule is Cc1cnc2ccc(Cl)c(O)c2n1. The van der Waals surface area contributed by atoms with Crippen LogP contribution in [0.2, 0.25) is 5.02 Å². The molecule has 0 saturated carbocycles. The van der Waals surface area contributed by atoms with Crippen molar-refractivity contribution >= 4 is 22.6 Å². The Morgan fingerprint density at radius 1 is 1.38 bits per heavy atom. The van der Waals surface area contributed by atoms with Crippen molar-refractivity contribution < 1.29 is 5.11 Å². The zero-order chi connectivity index (χ0) is 9.42. The maximum Gasteiger partial charge on any atom is 0.162 e. The number of hydrogen-bond donors (Lipinski definition) is 1. The van der Waals surface area contributed by atoms with Gasteiger partial charge in [0.2, 0.25) is 0 Å². The van der Waals surface area contributed by atoms with E-state index in [1.165, 1.54) is 0 Å². The van der Waals surface area contributed by atoms with E-state index in [2.05, 4.69) is 9.97 Å². The number of phenols is 1. The predicted molar refractivity (Wildman–Crippen MR) is 50.9 cm³/mol. The Balaban J connectivity index is 2.89. The number of benzene rings is 1. The van der Waals surface area contributed by atoms with E-state index in [1.54, 1.807) is 18.3 Å². The van der Waals surface area contributed by atoms with E-state index in [1.807, 2.05) is 6.92 Å². The molecule has 1 N–H and O–H groups in total. The van der Waals surface area contributed by atoms with Gasteiger partial charge in [-0.05, 0) is 19.1 Å². The Kier molecular flexibility index (Phi) is 1.81. The summed E-state index contributed by atoms with van der Waals surface area (Å²) in [7, 11) is 0. The molecular formula is C9H7ClN2O. The van der Waals surface area contributed by atoms with E-state index >= 15 is 0 Å². The quantitative estimate of drug-likeness (QED) is 0.700. The summed E-state index contributed by atoms with van der Waals surface area (Å²) >= 11 is 5.72. The molecular weight excluding hydrogens is 188 g/mol. The van der Waals surface area contributed by atoms with Gasteiger partial charge >= 0.3 is 0 Å². The zero-order valence-electron chi connectivity index (χ0n) is 6.95. The van der Waals surface area contributed by atoms with E-state index in [4.69, 9.17) is 11.6 Å². The molecule has 2 rings (SSSR count). The number of aryl methyl sites for hydroxylation is 1. The molecule has 1 aromatic carbocycles. The minimum absolute atomic E-state index is 0.00429. The van der Waals surface area contributed by atoms with Crippen LogP contribution in [0, 0.1) is 6.92 Å². The second-order valence-electron chi connectivity index (χ2n) is 2.78. The molecule has 3 nitrogen and oxygen atoms in total. The van der Waals surface area contributed by atoms with Crippen molar-refractivity contribution in [2.45, 2.75) is 6.92 Å². The van der Waals surface area contributed by atoms with E-state index in [0.29, 0.717) is 16.1 Å². The fourth-order valence-corrected chi connectivity index (χ4v) is 1.28. The Morgan fingerprint density at radius 3 is 2.92 bits per heavy atom. The topological polar surface area (TPSA) is 46.0 Å². The van der Waals surface area contributed by atoms with Gasteiger partial charge in [0.1, 0.15) is 5.52 Å². The van der Waals surface area contributed by atoms with Crippen LogP contribution in [0.1, 0.15) is 5.69 Å². The van der Waals surface area contributed by atoms with Crippen molar-refractivity contribution in [1.29, 1.82) is 0 Å². The van der Waals surface area contributed by atoms with Gasteiger partial charge in [0.25, 0.3) is 0 Å². The zero-order valence-corrected chi connectivity index (χ0v) is 7.71. The van der Waals surface area contributed by atoms with Crippen LogP contribution in [0.15, 0.2) is 18.3 Å². The lowest BCUT2D eigenvalue weighted by Crippen LogP contribution is -1.87. The van der Waals surface area contributed by atoms with Crippen LogP contribution < -0.4 is 0 Å². The van der Waals surface area contributed by atoms with Crippen molar-refractivity contribution in [3.63, 3.8) is 0 Å². The van der Waals surface area contributed by atoms with Crippen LogP contribution in [0.25, 0.3) is 11.0 Å². The Labute approximate surface area is 80.0 Å². The molecule has 0 amide bonds. The van der Waals surface area contributed by atoms with Crippen LogP contribution in [0.4, 0.5) is 0 Å². The van der Waals surface area contributed by atoms with Gasteiger partial charge in [-0.25, -0.2) is 4.98 Å². The number of halogens is 1. The van der Waals surface area contributed by atoms with Gasteiger partial charge in [-0.3, -0.25) is 4.98 Å². The molecule has 0 fully saturated rings. The minimum Gasteiger partial charge on any atom is -0.504 e. The first-order chi connectivity index (χ1) is 6.18. The third-order valence-corrected chi connectivity index (χ3v) is 2.06. The molecule has 0 spiro atoms. The van der Waals surface area contributed by atoms with Crippen molar-refractivity contribution in [2.24, 2.45) is 0 Å². The maximum atomic E-state index is 9.55. The molecule has 0 saturated heterocycles. The molecule has 1 aromatic heterocycles. The van der Waals surface area contributed by atoms with Crippen LogP contribution in [0.3, 0.4) is 0 Å². The molecule has 66 valence electrons. The fourth-order valence-electron chi connectivity index (χ4n) is 1.13. The lowest BCUT2D eigenvalue weighted by molar-refractivity contribution is 0.480. The number of fused-ring (bicyclic) bond motifs is 1. The molecule has 0 bridgehead atoms. The highest BCUT2D eigenvalue weighted by atomic mass is 35.5. The highest BCUT2D eigenvalue weighted by molar-refractivity contribution is 6.33. The normalized spacial score (nSPS) is 10.6. The molecule has 0 aliphatic heterocycles. The number of nitrogens with zero attached hydrogens (tertiary/aromatic N) is 2. The highest BCUT2D eigenvalue weighted by Crippen LogP contribution is 2.29. The molecule has 13 heavy (non-hydrogen) atoms. The Bertz CT molecular complexity index is 465. The minimum atomic E-state index is -0.00429. The van der Waals surface area contributed by atoms with E-state index in [-0.39, 0.29) is 5.75 Å². The smallest absolute Gasteiger partial charge is 0.162 e. The predicted octanol–water partition coefficient (Wildman–Crippen LogP) is 2.30. The Hall–Kier alpha value is -1.35. The fraction of sp³-hybridized carbons (Fsp3) is 0.111. The third kappa shape index (κ3) is 1.31. The molecule has 0 aliphatic rings. The molecule has 0 unspecified atom stereocenters. The van der Waals surface area contributed by atoms with E-state index in [0.717, 1.165) is 5.69 Å². The molecule has 0 aliphatic carbocycles. The number of phenolic OH excluding ortho intramolecular Hbond substituents is 1. The summed E-state index contributed by atoms with van der Waals surface area (Å²) in [5, 5.41) is 9.85. The molecule has 0 atom stereocenters. The summed E-state index contributed by atoms with van der Waals surface area (Å²) in [5.74, 6) is -0.00429. The monoisotopic (exact) mass is 194 g/mol. The van der Waals surface area contributed by atoms with Gasteiger partial charge in [0.05, 0.1) is 16.2 Å². The van der Waals surface area contributed by atoms with Gasteiger partial charge in [-0.2, -0.15) is 0 Å². The lowest BCUT2D eigenvalue weighted by Gasteiger charge is -2.01. The van der Waals surface area contributed by atoms with Crippen molar-refractivity contribution in [1.82, 2.24) is 9.97 Å². The largest absolute Gasteiger partial charge is 0.504 e. The van der Waals surface area contributed by atoms with Crippen LogP contribution >= 0.6 is 11.6 Å². The highest BCUT2D eigenvalue weighted by Gasteiger charge is 2.06. The number of aromatic hydroxyl groups is 1. The average molecular weight is 195 g/mol. The second kappa shape index (κ2) is 2.85. The Morgan fingerprint density at radius 2 is 2.15 bits per heavy atom. The first kappa shape index (κ1) is 8.26. The standard InChI is InChI=1S/C9H7ClN2O/c1-5-4-11-7-3-2-6(10)9(13)8(7)12-5/h2-4,13H,1H3. The number of rotatable bonds is 0. The summed E-state index contributed by atoms with van der Waals surface area (Å²) < 4.78 is 0. The maximum absolute atomic E-state index is 9.55.